The van der Waals surface area contributed by atoms with Gasteiger partial charge in [-0.15, -0.1) is 11.3 Å². The van der Waals surface area contributed by atoms with Crippen molar-refractivity contribution in [2.24, 2.45) is 5.41 Å². The second-order valence-electron chi connectivity index (χ2n) is 8.40. The van der Waals surface area contributed by atoms with Gasteiger partial charge in [0.2, 0.25) is 0 Å². The number of hydrogen-bond acceptors (Lipinski definition) is 6. The maximum atomic E-state index is 14.3. The van der Waals surface area contributed by atoms with Crippen molar-refractivity contribution in [2.45, 2.75) is 32.4 Å². The van der Waals surface area contributed by atoms with Gasteiger partial charge in [0.25, 0.3) is 0 Å². The van der Waals surface area contributed by atoms with Crippen LogP contribution in [0, 0.1) is 11.2 Å². The zero-order valence-corrected chi connectivity index (χ0v) is 19.5. The minimum Gasteiger partial charge on any atom is -0.493 e. The van der Waals surface area contributed by atoms with Gasteiger partial charge in [0.05, 0.1) is 7.11 Å². The molecule has 32 heavy (non-hydrogen) atoms. The number of rotatable bonds is 6. The number of ether oxygens (including phenoxy) is 1. The predicted molar refractivity (Wildman–Crippen MR) is 120 cm³/mol. The highest BCUT2D eigenvalue weighted by Crippen LogP contribution is 2.58. The fourth-order valence-corrected chi connectivity index (χ4v) is 5.26. The van der Waals surface area contributed by atoms with Crippen LogP contribution in [-0.4, -0.2) is 53.4 Å². The number of carboxylic acids is 2. The van der Waals surface area contributed by atoms with Crippen LogP contribution in [0.1, 0.15) is 34.7 Å². The van der Waals surface area contributed by atoms with Gasteiger partial charge in [0.1, 0.15) is 5.60 Å². The number of thiophene rings is 1. The molecule has 1 heterocycles. The standard InChI is InChI=1S/C19H24FNO2S.C4H4O4/c1-18(2)10-12-6-8-14(20)17(23-5)16(12)19(18,22)15-9-7-13(24-15)11-21(3)4;5-3(6)1-2-4(7)8/h6-9,22H,10-11H2,1-5H3;1-2H,(H,5,6)(H,7,8). The van der Waals surface area contributed by atoms with E-state index < -0.39 is 28.8 Å². The van der Waals surface area contributed by atoms with Crippen LogP contribution in [0.4, 0.5) is 4.39 Å². The third-order valence-corrected chi connectivity index (χ3v) is 6.41. The molecular formula is C23H28FNO6S. The van der Waals surface area contributed by atoms with Gasteiger partial charge in [-0.2, -0.15) is 0 Å². The number of fused-ring (bicyclic) bond motifs is 1. The lowest BCUT2D eigenvalue weighted by molar-refractivity contribution is -0.134. The molecule has 1 atom stereocenters. The highest BCUT2D eigenvalue weighted by molar-refractivity contribution is 7.12. The summed E-state index contributed by atoms with van der Waals surface area (Å²) in [6, 6.07) is 7.19. The SMILES string of the molecule is COc1c(F)ccc2c1C(O)(c1ccc(CN(C)C)s1)C(C)(C)C2.O=C(O)C=CC(=O)O. The summed E-state index contributed by atoms with van der Waals surface area (Å²) < 4.78 is 19.6. The molecule has 0 radical (unpaired) electrons. The van der Waals surface area contributed by atoms with E-state index in [4.69, 9.17) is 14.9 Å². The van der Waals surface area contributed by atoms with Crippen molar-refractivity contribution in [1.29, 1.82) is 0 Å². The van der Waals surface area contributed by atoms with Crippen LogP contribution < -0.4 is 4.74 Å². The molecule has 3 N–H and O–H groups in total. The summed E-state index contributed by atoms with van der Waals surface area (Å²) in [5, 5.41) is 27.4. The first kappa shape index (κ1) is 25.5. The van der Waals surface area contributed by atoms with Crippen molar-refractivity contribution in [3.05, 3.63) is 63.1 Å². The van der Waals surface area contributed by atoms with Crippen molar-refractivity contribution in [1.82, 2.24) is 4.90 Å². The van der Waals surface area contributed by atoms with Crippen LogP contribution in [0.15, 0.2) is 36.4 Å². The molecule has 0 aliphatic heterocycles. The molecule has 1 aliphatic rings. The van der Waals surface area contributed by atoms with E-state index in [1.165, 1.54) is 18.1 Å². The van der Waals surface area contributed by atoms with Gasteiger partial charge < -0.3 is 25.0 Å². The number of aliphatic hydroxyl groups is 1. The van der Waals surface area contributed by atoms with Crippen LogP contribution in [0.2, 0.25) is 0 Å². The second kappa shape index (κ2) is 9.81. The summed E-state index contributed by atoms with van der Waals surface area (Å²) in [6.07, 6.45) is 1.79. The normalized spacial score (nSPS) is 18.9. The smallest absolute Gasteiger partial charge is 0.328 e. The molecule has 1 aromatic carbocycles. The predicted octanol–water partition coefficient (Wildman–Crippen LogP) is 3.49. The summed E-state index contributed by atoms with van der Waals surface area (Å²) in [4.78, 5) is 23.2. The minimum absolute atomic E-state index is 0.156. The van der Waals surface area contributed by atoms with E-state index in [1.54, 1.807) is 17.4 Å². The third kappa shape index (κ3) is 5.17. The molecule has 1 unspecified atom stereocenters. The number of aliphatic carboxylic acids is 2. The molecule has 0 bridgehead atoms. The van der Waals surface area contributed by atoms with Crippen molar-refractivity contribution in [3.63, 3.8) is 0 Å². The number of nitrogens with zero attached hydrogens (tertiary/aromatic N) is 1. The Kier molecular flexibility index (Phi) is 7.82. The van der Waals surface area contributed by atoms with Crippen LogP contribution in [0.5, 0.6) is 5.75 Å². The average Bonchev–Trinajstić information content (AvgIpc) is 3.22. The van der Waals surface area contributed by atoms with Crippen LogP contribution in [0.3, 0.4) is 0 Å². The fourth-order valence-electron chi connectivity index (χ4n) is 3.85. The monoisotopic (exact) mass is 465 g/mol. The van der Waals surface area contributed by atoms with Crippen molar-refractivity contribution < 1.29 is 34.0 Å². The number of benzene rings is 1. The molecule has 0 saturated carbocycles. The maximum absolute atomic E-state index is 14.3. The number of halogens is 1. The van der Waals surface area contributed by atoms with Crippen LogP contribution >= 0.6 is 11.3 Å². The average molecular weight is 466 g/mol. The lowest BCUT2D eigenvalue weighted by atomic mass is 9.74. The molecule has 174 valence electrons. The van der Waals surface area contributed by atoms with Crippen LogP contribution in [-0.2, 0) is 28.2 Å². The van der Waals surface area contributed by atoms with Crippen molar-refractivity contribution in [2.75, 3.05) is 21.2 Å². The number of carbonyl (C=O) groups is 2. The van der Waals surface area contributed by atoms with Crippen LogP contribution in [0.25, 0.3) is 0 Å². The third-order valence-electron chi connectivity index (χ3n) is 5.23. The maximum Gasteiger partial charge on any atom is 0.328 e. The Morgan fingerprint density at radius 3 is 2.25 bits per heavy atom. The fraction of sp³-hybridized carbons (Fsp3) is 0.391. The van der Waals surface area contributed by atoms with Gasteiger partial charge >= 0.3 is 11.9 Å². The summed E-state index contributed by atoms with van der Waals surface area (Å²) in [7, 11) is 5.49. The van der Waals surface area contributed by atoms with E-state index in [0.717, 1.165) is 17.0 Å². The van der Waals surface area contributed by atoms with Gasteiger partial charge in [0, 0.05) is 39.4 Å². The molecule has 9 heteroatoms. The molecule has 7 nitrogen and oxygen atoms in total. The summed E-state index contributed by atoms with van der Waals surface area (Å²) >= 11 is 1.58. The first-order valence-electron chi connectivity index (χ1n) is 9.79. The van der Waals surface area contributed by atoms with E-state index in [9.17, 15) is 19.1 Å². The molecule has 0 spiro atoms. The molecule has 0 amide bonds. The Bertz CT molecular complexity index is 1010. The summed E-state index contributed by atoms with van der Waals surface area (Å²) in [5.41, 5.74) is -0.182. The highest BCUT2D eigenvalue weighted by Gasteiger charge is 2.55. The highest BCUT2D eigenvalue weighted by atomic mass is 32.1. The zero-order valence-electron chi connectivity index (χ0n) is 18.7. The Hall–Kier alpha value is -2.75. The molecule has 2 aromatic rings. The van der Waals surface area contributed by atoms with Gasteiger partial charge in [-0.3, -0.25) is 0 Å². The van der Waals surface area contributed by atoms with Gasteiger partial charge in [-0.05, 0) is 44.3 Å². The zero-order chi connectivity index (χ0) is 24.3. The van der Waals surface area contributed by atoms with Gasteiger partial charge in [-0.25, -0.2) is 14.0 Å². The largest absolute Gasteiger partial charge is 0.493 e. The topological polar surface area (TPSA) is 107 Å². The lowest BCUT2D eigenvalue weighted by Gasteiger charge is -2.37. The first-order valence-corrected chi connectivity index (χ1v) is 10.6. The molecule has 1 aliphatic carbocycles. The molecular weight excluding hydrogens is 437 g/mol. The molecule has 1 aromatic heterocycles. The summed E-state index contributed by atoms with van der Waals surface area (Å²) in [5.74, 6) is -2.79. The Balaban J connectivity index is 0.000000390. The number of carboxylic acid groups (broad SMARTS) is 2. The van der Waals surface area contributed by atoms with Gasteiger partial charge in [-0.1, -0.05) is 19.9 Å². The summed E-state index contributed by atoms with van der Waals surface area (Å²) in [6.45, 7) is 4.86. The Morgan fingerprint density at radius 2 is 1.75 bits per heavy atom. The Morgan fingerprint density at radius 1 is 1.16 bits per heavy atom. The van der Waals surface area contributed by atoms with Gasteiger partial charge in [0.15, 0.2) is 11.6 Å². The first-order chi connectivity index (χ1) is 14.8. The van der Waals surface area contributed by atoms with Crippen molar-refractivity contribution in [3.8, 4) is 5.75 Å². The second-order valence-corrected chi connectivity index (χ2v) is 9.57. The van der Waals surface area contributed by atoms with E-state index >= 15 is 0 Å². The number of hydrogen-bond donors (Lipinski definition) is 3. The lowest BCUT2D eigenvalue weighted by Crippen LogP contribution is -2.39. The quantitative estimate of drug-likeness (QED) is 0.561. The molecule has 0 saturated heterocycles. The van der Waals surface area contributed by atoms with E-state index in [1.807, 2.05) is 40.1 Å². The molecule has 3 rings (SSSR count). The van der Waals surface area contributed by atoms with E-state index in [0.29, 0.717) is 24.1 Å². The number of methoxy groups -OCH3 is 1. The van der Waals surface area contributed by atoms with E-state index in [2.05, 4.69) is 4.90 Å². The minimum atomic E-state index is -1.26. The van der Waals surface area contributed by atoms with Crippen molar-refractivity contribution >= 4 is 23.3 Å². The Labute approximate surface area is 190 Å². The molecule has 0 fully saturated rings. The van der Waals surface area contributed by atoms with E-state index in [-0.39, 0.29) is 5.75 Å².